The largest absolute Gasteiger partial charge is 0.261 e. The van der Waals surface area contributed by atoms with E-state index in [4.69, 9.17) is 0 Å². The Bertz CT molecular complexity index is 167. The van der Waals surface area contributed by atoms with Crippen molar-refractivity contribution in [3.63, 3.8) is 0 Å². The molecule has 0 radical (unpaired) electrons. The van der Waals surface area contributed by atoms with E-state index in [9.17, 15) is 0 Å². The van der Waals surface area contributed by atoms with Gasteiger partial charge in [-0.2, -0.15) is 0 Å². The summed E-state index contributed by atoms with van der Waals surface area (Å²) in [5.74, 6) is 0. The van der Waals surface area contributed by atoms with Crippen LogP contribution in [-0.2, 0) is 6.42 Å². The summed E-state index contributed by atoms with van der Waals surface area (Å²) < 4.78 is 0. The van der Waals surface area contributed by atoms with Crippen LogP contribution in [0.2, 0.25) is 0 Å². The molecule has 1 aromatic rings. The van der Waals surface area contributed by atoms with Crippen molar-refractivity contribution in [3.05, 3.63) is 30.1 Å². The van der Waals surface area contributed by atoms with Gasteiger partial charge in [-0.15, -0.1) is 12.4 Å². The van der Waals surface area contributed by atoms with Gasteiger partial charge in [0.25, 0.3) is 0 Å². The van der Waals surface area contributed by atoms with E-state index in [2.05, 4.69) is 20.9 Å². The molecule has 0 bridgehead atoms. The molecule has 0 saturated heterocycles. The van der Waals surface area contributed by atoms with Crippen LogP contribution in [0.4, 0.5) is 0 Å². The number of nitrogens with zero attached hydrogens (tertiary/aromatic N) is 1. The Morgan fingerprint density at radius 1 is 1.40 bits per heavy atom. The van der Waals surface area contributed by atoms with E-state index in [-0.39, 0.29) is 12.4 Å². The maximum atomic E-state index is 4.14. The quantitative estimate of drug-likeness (QED) is 0.701. The summed E-state index contributed by atoms with van der Waals surface area (Å²) in [7, 11) is 0. The third-order valence-corrected chi connectivity index (χ3v) is 1.47. The molecule has 10 heavy (non-hydrogen) atoms. The summed E-state index contributed by atoms with van der Waals surface area (Å²) in [4.78, 5) is 4.14. The predicted molar refractivity (Wildman–Crippen MR) is 49.0 cm³/mol. The zero-order valence-corrected chi connectivity index (χ0v) is 7.86. The van der Waals surface area contributed by atoms with Gasteiger partial charge in [-0.25, -0.2) is 0 Å². The molecule has 1 nitrogen and oxygen atoms in total. The fourth-order valence-electron chi connectivity index (χ4n) is 0.643. The highest BCUT2D eigenvalue weighted by Crippen LogP contribution is 1.95. The number of rotatable bonds is 2. The Hall–Kier alpha value is -0.0800. The normalized spacial score (nSPS) is 8.50. The van der Waals surface area contributed by atoms with Gasteiger partial charge in [0.05, 0.1) is 0 Å². The van der Waals surface area contributed by atoms with Gasteiger partial charge in [0, 0.05) is 17.2 Å². The maximum Gasteiger partial charge on any atom is 0.0411 e. The Balaban J connectivity index is 0.000000810. The molecule has 1 aromatic heterocycles. The average Bonchev–Trinajstić information content (AvgIpc) is 1.91. The molecule has 0 atom stereocenters. The highest BCUT2D eigenvalue weighted by atomic mass is 79.9. The third kappa shape index (κ3) is 3.18. The van der Waals surface area contributed by atoms with Crippen LogP contribution in [0.5, 0.6) is 0 Å². The van der Waals surface area contributed by atoms with Gasteiger partial charge in [-0.3, -0.25) is 4.98 Å². The van der Waals surface area contributed by atoms with Crippen LogP contribution in [0.25, 0.3) is 0 Å². The molecule has 0 amide bonds. The van der Waals surface area contributed by atoms with Gasteiger partial charge in [0.2, 0.25) is 0 Å². The minimum absolute atomic E-state index is 0. The first-order chi connectivity index (χ1) is 4.43. The zero-order valence-electron chi connectivity index (χ0n) is 5.46. The van der Waals surface area contributed by atoms with Crippen molar-refractivity contribution in [2.24, 2.45) is 0 Å². The monoisotopic (exact) mass is 221 g/mol. The highest BCUT2D eigenvalue weighted by Gasteiger charge is 1.87. The smallest absolute Gasteiger partial charge is 0.0411 e. The van der Waals surface area contributed by atoms with E-state index in [1.165, 1.54) is 0 Å². The van der Waals surface area contributed by atoms with Gasteiger partial charge in [0.1, 0.15) is 0 Å². The van der Waals surface area contributed by atoms with Crippen molar-refractivity contribution in [2.45, 2.75) is 6.42 Å². The van der Waals surface area contributed by atoms with Crippen molar-refractivity contribution >= 4 is 28.3 Å². The molecule has 0 aromatic carbocycles. The van der Waals surface area contributed by atoms with Crippen LogP contribution >= 0.6 is 28.3 Å². The lowest BCUT2D eigenvalue weighted by Crippen LogP contribution is -1.87. The summed E-state index contributed by atoms with van der Waals surface area (Å²) in [5.41, 5.74) is 1.15. The molecular weight excluding hydrogens is 213 g/mol. The van der Waals surface area contributed by atoms with Crippen LogP contribution in [0.3, 0.4) is 0 Å². The first-order valence-corrected chi connectivity index (χ1v) is 4.01. The number of pyridine rings is 1. The minimum Gasteiger partial charge on any atom is -0.261 e. The number of alkyl halides is 1. The molecule has 0 aliphatic rings. The second kappa shape index (κ2) is 5.69. The standard InChI is InChI=1S/C7H8BrN.ClH/c8-5-4-7-3-1-2-6-9-7;/h1-3,6H,4-5H2;1H. The molecule has 0 unspecified atom stereocenters. The van der Waals surface area contributed by atoms with Crippen LogP contribution in [0.1, 0.15) is 5.69 Å². The average molecular weight is 223 g/mol. The van der Waals surface area contributed by atoms with Crippen molar-refractivity contribution in [1.29, 1.82) is 0 Å². The van der Waals surface area contributed by atoms with E-state index in [1.807, 2.05) is 24.4 Å². The molecule has 0 N–H and O–H groups in total. The summed E-state index contributed by atoms with van der Waals surface area (Å²) in [6.45, 7) is 0. The maximum absolute atomic E-state index is 4.14. The van der Waals surface area contributed by atoms with Gasteiger partial charge in [-0.1, -0.05) is 22.0 Å². The fourth-order valence-corrected chi connectivity index (χ4v) is 1.05. The Morgan fingerprint density at radius 2 is 2.20 bits per heavy atom. The van der Waals surface area contributed by atoms with Gasteiger partial charge in [-0.05, 0) is 18.6 Å². The lowest BCUT2D eigenvalue weighted by Gasteiger charge is -1.91. The van der Waals surface area contributed by atoms with Crippen LogP contribution in [0.15, 0.2) is 24.4 Å². The summed E-state index contributed by atoms with van der Waals surface area (Å²) in [5, 5.41) is 0.990. The molecule has 0 spiro atoms. The van der Waals surface area contributed by atoms with E-state index in [1.54, 1.807) is 0 Å². The first-order valence-electron chi connectivity index (χ1n) is 2.89. The first kappa shape index (κ1) is 9.92. The Labute approximate surface area is 75.4 Å². The van der Waals surface area contributed by atoms with E-state index in [0.29, 0.717) is 0 Å². The Kier molecular flexibility index (Phi) is 5.64. The van der Waals surface area contributed by atoms with E-state index in [0.717, 1.165) is 17.4 Å². The van der Waals surface area contributed by atoms with E-state index < -0.39 is 0 Å². The Morgan fingerprint density at radius 3 is 2.70 bits per heavy atom. The van der Waals surface area contributed by atoms with Gasteiger partial charge >= 0.3 is 0 Å². The van der Waals surface area contributed by atoms with Crippen LogP contribution in [-0.4, -0.2) is 10.3 Å². The zero-order chi connectivity index (χ0) is 6.53. The van der Waals surface area contributed by atoms with Crippen molar-refractivity contribution < 1.29 is 0 Å². The number of aryl methyl sites for hydroxylation is 1. The number of hydrogen-bond donors (Lipinski definition) is 0. The lowest BCUT2D eigenvalue weighted by molar-refractivity contribution is 1.05. The molecular formula is C7H9BrClN. The molecule has 1 rings (SSSR count). The summed E-state index contributed by atoms with van der Waals surface area (Å²) >= 11 is 3.35. The molecule has 0 aliphatic heterocycles. The second-order valence-electron chi connectivity index (χ2n) is 1.76. The predicted octanol–water partition coefficient (Wildman–Crippen LogP) is 2.44. The van der Waals surface area contributed by atoms with Crippen molar-refractivity contribution in [2.75, 3.05) is 5.33 Å². The van der Waals surface area contributed by atoms with Gasteiger partial charge < -0.3 is 0 Å². The molecule has 56 valence electrons. The molecule has 0 fully saturated rings. The summed E-state index contributed by atoms with van der Waals surface area (Å²) in [6, 6.07) is 5.96. The minimum atomic E-state index is 0. The van der Waals surface area contributed by atoms with Crippen molar-refractivity contribution in [3.8, 4) is 0 Å². The SMILES string of the molecule is BrCCc1ccccn1.Cl. The third-order valence-electron chi connectivity index (χ3n) is 1.08. The highest BCUT2D eigenvalue weighted by molar-refractivity contribution is 9.09. The summed E-state index contributed by atoms with van der Waals surface area (Å²) in [6.07, 6.45) is 2.83. The van der Waals surface area contributed by atoms with Crippen LogP contribution < -0.4 is 0 Å². The number of aromatic nitrogens is 1. The lowest BCUT2D eigenvalue weighted by atomic mass is 10.3. The topological polar surface area (TPSA) is 12.9 Å². The molecule has 0 aliphatic carbocycles. The number of hydrogen-bond acceptors (Lipinski definition) is 1. The van der Waals surface area contributed by atoms with E-state index >= 15 is 0 Å². The number of halogens is 2. The second-order valence-corrected chi connectivity index (χ2v) is 2.55. The fraction of sp³-hybridized carbons (Fsp3) is 0.286. The molecule has 1 heterocycles. The van der Waals surface area contributed by atoms with Crippen LogP contribution in [0, 0.1) is 0 Å². The van der Waals surface area contributed by atoms with Crippen molar-refractivity contribution in [1.82, 2.24) is 4.98 Å². The van der Waals surface area contributed by atoms with Gasteiger partial charge in [0.15, 0.2) is 0 Å². The molecule has 0 saturated carbocycles. The molecule has 3 heteroatoms.